The van der Waals surface area contributed by atoms with Crippen molar-refractivity contribution in [3.63, 3.8) is 0 Å². The van der Waals surface area contributed by atoms with Gasteiger partial charge in [0.05, 0.1) is 23.0 Å². The Kier molecular flexibility index (Phi) is 5.50. The van der Waals surface area contributed by atoms with Gasteiger partial charge in [-0.25, -0.2) is 4.39 Å². The molecule has 1 aliphatic heterocycles. The predicted octanol–water partition coefficient (Wildman–Crippen LogP) is 5.59. The van der Waals surface area contributed by atoms with E-state index in [0.717, 1.165) is 29.0 Å². The summed E-state index contributed by atoms with van der Waals surface area (Å²) in [6.07, 6.45) is -0.0544. The Labute approximate surface area is 197 Å². The lowest BCUT2D eigenvalue weighted by molar-refractivity contribution is -0.137. The molecule has 1 aliphatic rings. The van der Waals surface area contributed by atoms with Crippen LogP contribution < -0.4 is 4.74 Å². The normalized spacial score (nSPS) is 13.3. The standard InChI is InChI=1S/C25H18F4N4O2/c1-32-9-8-20(31-32)16-4-2-15(3-5-16)13-33-14-17-11-30-12-22(23(17)24(33)34)35-21-7-6-18(10-19(21)26)25(27,28)29/h2-12H,13-14H2,1H3. The number of rotatable bonds is 5. The molecule has 10 heteroatoms. The lowest BCUT2D eigenvalue weighted by atomic mass is 10.1. The Balaban J connectivity index is 1.34. The average molecular weight is 482 g/mol. The van der Waals surface area contributed by atoms with Crippen LogP contribution in [0, 0.1) is 5.82 Å². The zero-order chi connectivity index (χ0) is 24.7. The summed E-state index contributed by atoms with van der Waals surface area (Å²) in [6, 6.07) is 11.5. The van der Waals surface area contributed by atoms with Crippen LogP contribution in [-0.4, -0.2) is 25.6 Å². The van der Waals surface area contributed by atoms with Crippen molar-refractivity contribution in [3.8, 4) is 22.8 Å². The summed E-state index contributed by atoms with van der Waals surface area (Å²) in [5.74, 6) is -1.96. The van der Waals surface area contributed by atoms with Crippen LogP contribution in [0.4, 0.5) is 17.6 Å². The largest absolute Gasteiger partial charge is 0.452 e. The number of aromatic nitrogens is 3. The molecule has 0 radical (unpaired) electrons. The van der Waals surface area contributed by atoms with Gasteiger partial charge in [0, 0.05) is 43.7 Å². The van der Waals surface area contributed by atoms with E-state index in [0.29, 0.717) is 18.2 Å². The highest BCUT2D eigenvalue weighted by molar-refractivity contribution is 6.00. The molecule has 0 saturated carbocycles. The molecule has 0 aliphatic carbocycles. The number of carbonyl (C=O) groups is 1. The van der Waals surface area contributed by atoms with Crippen molar-refractivity contribution in [2.24, 2.45) is 7.05 Å². The fourth-order valence-electron chi connectivity index (χ4n) is 3.93. The second kappa shape index (κ2) is 8.53. The van der Waals surface area contributed by atoms with E-state index in [9.17, 15) is 22.4 Å². The quantitative estimate of drug-likeness (QED) is 0.348. The zero-order valence-corrected chi connectivity index (χ0v) is 18.4. The number of carbonyl (C=O) groups excluding carboxylic acids is 1. The maximum atomic E-state index is 14.3. The van der Waals surface area contributed by atoms with Crippen LogP contribution in [0.3, 0.4) is 0 Å². The van der Waals surface area contributed by atoms with Gasteiger partial charge in [-0.1, -0.05) is 24.3 Å². The molecule has 178 valence electrons. The highest BCUT2D eigenvalue weighted by atomic mass is 19.4. The van der Waals surface area contributed by atoms with Crippen LogP contribution >= 0.6 is 0 Å². The number of fused-ring (bicyclic) bond motifs is 1. The molecule has 5 rings (SSSR count). The molecule has 0 bridgehead atoms. The average Bonchev–Trinajstić information content (AvgIpc) is 3.39. The minimum Gasteiger partial charge on any atom is -0.452 e. The smallest absolute Gasteiger partial charge is 0.416 e. The monoisotopic (exact) mass is 482 g/mol. The van der Waals surface area contributed by atoms with Crippen LogP contribution in [0.5, 0.6) is 11.5 Å². The topological polar surface area (TPSA) is 60.2 Å². The number of pyridine rings is 1. The number of halogens is 4. The summed E-state index contributed by atoms with van der Waals surface area (Å²) in [5.41, 5.74) is 2.36. The summed E-state index contributed by atoms with van der Waals surface area (Å²) in [4.78, 5) is 18.8. The number of hydrogen-bond acceptors (Lipinski definition) is 4. The first-order chi connectivity index (χ1) is 16.7. The SMILES string of the molecule is Cn1ccc(-c2ccc(CN3Cc4cncc(Oc5ccc(C(F)(F)F)cc5F)c4C3=O)cc2)n1. The summed E-state index contributed by atoms with van der Waals surface area (Å²) in [7, 11) is 1.84. The van der Waals surface area contributed by atoms with Gasteiger partial charge in [0.25, 0.3) is 5.91 Å². The molecule has 2 aromatic carbocycles. The van der Waals surface area contributed by atoms with Gasteiger partial charge in [0.15, 0.2) is 17.3 Å². The Morgan fingerprint density at radius 2 is 1.80 bits per heavy atom. The van der Waals surface area contributed by atoms with E-state index in [1.807, 2.05) is 43.6 Å². The first kappa shape index (κ1) is 22.6. The van der Waals surface area contributed by atoms with E-state index in [2.05, 4.69) is 10.1 Å². The highest BCUT2D eigenvalue weighted by Crippen LogP contribution is 2.37. The van der Waals surface area contributed by atoms with Gasteiger partial charge in [-0.05, 0) is 29.8 Å². The third kappa shape index (κ3) is 4.46. The molecular weight excluding hydrogens is 464 g/mol. The third-order valence-electron chi connectivity index (χ3n) is 5.67. The fourth-order valence-corrected chi connectivity index (χ4v) is 3.93. The van der Waals surface area contributed by atoms with Gasteiger partial charge >= 0.3 is 6.18 Å². The highest BCUT2D eigenvalue weighted by Gasteiger charge is 2.33. The van der Waals surface area contributed by atoms with E-state index in [4.69, 9.17) is 4.74 Å². The lowest BCUT2D eigenvalue weighted by Gasteiger charge is -2.16. The molecule has 4 aromatic rings. The molecule has 2 aromatic heterocycles. The van der Waals surface area contributed by atoms with Crippen molar-refractivity contribution >= 4 is 5.91 Å². The summed E-state index contributed by atoms with van der Waals surface area (Å²) in [5, 5.41) is 4.37. The molecule has 0 N–H and O–H groups in total. The molecule has 1 amide bonds. The number of nitrogens with zero attached hydrogens (tertiary/aromatic N) is 4. The van der Waals surface area contributed by atoms with Crippen LogP contribution in [0.15, 0.2) is 67.1 Å². The second-order valence-corrected chi connectivity index (χ2v) is 8.15. The van der Waals surface area contributed by atoms with Crippen molar-refractivity contribution in [3.05, 3.63) is 95.2 Å². The van der Waals surface area contributed by atoms with Crippen LogP contribution in [0.1, 0.15) is 27.0 Å². The van der Waals surface area contributed by atoms with E-state index < -0.39 is 23.3 Å². The molecular formula is C25H18F4N4O2. The number of ether oxygens (including phenoxy) is 1. The van der Waals surface area contributed by atoms with Crippen LogP contribution in [0.25, 0.3) is 11.3 Å². The van der Waals surface area contributed by atoms with Crippen molar-refractivity contribution in [1.82, 2.24) is 19.7 Å². The van der Waals surface area contributed by atoms with Gasteiger partial charge in [-0.2, -0.15) is 18.3 Å². The number of hydrogen-bond donors (Lipinski definition) is 0. The molecule has 6 nitrogen and oxygen atoms in total. The van der Waals surface area contributed by atoms with E-state index in [1.54, 1.807) is 9.58 Å². The molecule has 0 fully saturated rings. The first-order valence-electron chi connectivity index (χ1n) is 10.6. The maximum Gasteiger partial charge on any atom is 0.416 e. The number of amides is 1. The summed E-state index contributed by atoms with van der Waals surface area (Å²) in [6.45, 7) is 0.597. The van der Waals surface area contributed by atoms with Gasteiger partial charge < -0.3 is 9.64 Å². The van der Waals surface area contributed by atoms with Crippen molar-refractivity contribution in [2.75, 3.05) is 0 Å². The van der Waals surface area contributed by atoms with Gasteiger partial charge in [0.1, 0.15) is 0 Å². The molecule has 0 unspecified atom stereocenters. The number of benzene rings is 2. The van der Waals surface area contributed by atoms with E-state index in [-0.39, 0.29) is 23.8 Å². The molecule has 0 atom stereocenters. The van der Waals surface area contributed by atoms with Crippen molar-refractivity contribution < 1.29 is 27.1 Å². The Morgan fingerprint density at radius 1 is 1.03 bits per heavy atom. The van der Waals surface area contributed by atoms with E-state index in [1.165, 1.54) is 12.4 Å². The number of aryl methyl sites for hydroxylation is 1. The Bertz CT molecular complexity index is 1410. The Morgan fingerprint density at radius 3 is 2.46 bits per heavy atom. The predicted molar refractivity (Wildman–Crippen MR) is 118 cm³/mol. The summed E-state index contributed by atoms with van der Waals surface area (Å²) < 4.78 is 60.0. The number of alkyl halides is 3. The van der Waals surface area contributed by atoms with Gasteiger partial charge in [-0.3, -0.25) is 14.5 Å². The lowest BCUT2D eigenvalue weighted by Crippen LogP contribution is -2.23. The maximum absolute atomic E-state index is 14.3. The molecule has 35 heavy (non-hydrogen) atoms. The minimum absolute atomic E-state index is 0.0147. The van der Waals surface area contributed by atoms with Crippen molar-refractivity contribution in [2.45, 2.75) is 19.3 Å². The second-order valence-electron chi connectivity index (χ2n) is 8.15. The van der Waals surface area contributed by atoms with Gasteiger partial charge in [0.2, 0.25) is 0 Å². The molecule has 0 saturated heterocycles. The first-order valence-corrected chi connectivity index (χ1v) is 10.6. The minimum atomic E-state index is -4.68. The molecule has 0 spiro atoms. The van der Waals surface area contributed by atoms with Crippen molar-refractivity contribution in [1.29, 1.82) is 0 Å². The molecule has 3 heterocycles. The van der Waals surface area contributed by atoms with Crippen LogP contribution in [-0.2, 0) is 26.3 Å². The summed E-state index contributed by atoms with van der Waals surface area (Å²) >= 11 is 0. The third-order valence-corrected chi connectivity index (χ3v) is 5.67. The van der Waals surface area contributed by atoms with Crippen LogP contribution in [0.2, 0.25) is 0 Å². The zero-order valence-electron chi connectivity index (χ0n) is 18.4. The Hall–Kier alpha value is -4.21. The van der Waals surface area contributed by atoms with Gasteiger partial charge in [-0.15, -0.1) is 0 Å². The fraction of sp³-hybridized carbons (Fsp3) is 0.160. The van der Waals surface area contributed by atoms with E-state index >= 15 is 0 Å².